The van der Waals surface area contributed by atoms with E-state index in [0.717, 1.165) is 6.42 Å². The molecule has 17 heavy (non-hydrogen) atoms. The van der Waals surface area contributed by atoms with Crippen LogP contribution >= 0.6 is 0 Å². The summed E-state index contributed by atoms with van der Waals surface area (Å²) in [5.41, 5.74) is 5.77. The summed E-state index contributed by atoms with van der Waals surface area (Å²) in [6, 6.07) is 2.87. The highest BCUT2D eigenvalue weighted by atomic mass is 16.2. The van der Waals surface area contributed by atoms with Gasteiger partial charge in [-0.05, 0) is 19.4 Å². The summed E-state index contributed by atoms with van der Waals surface area (Å²) < 4.78 is 1.29. The highest BCUT2D eigenvalue weighted by molar-refractivity contribution is 5.75. The zero-order valence-electron chi connectivity index (χ0n) is 9.85. The molecule has 0 aliphatic carbocycles. The number of anilines is 1. The zero-order valence-corrected chi connectivity index (χ0v) is 9.85. The molecule has 0 fully saturated rings. The number of hydrogen-bond acceptors (Lipinski definition) is 3. The van der Waals surface area contributed by atoms with Crippen molar-refractivity contribution in [2.24, 2.45) is 0 Å². The van der Waals surface area contributed by atoms with Crippen LogP contribution in [0.4, 0.5) is 5.69 Å². The van der Waals surface area contributed by atoms with Gasteiger partial charge in [0.2, 0.25) is 5.91 Å². The lowest BCUT2D eigenvalue weighted by Gasteiger charge is -2.06. The van der Waals surface area contributed by atoms with Gasteiger partial charge in [0.15, 0.2) is 0 Å². The number of nitrogens with one attached hydrogen (secondary N) is 1. The molecule has 0 aromatic carbocycles. The number of amides is 1. The molecule has 1 aromatic heterocycles. The second-order valence-electron chi connectivity index (χ2n) is 3.64. The lowest BCUT2D eigenvalue weighted by molar-refractivity contribution is -0.121. The first-order valence-electron chi connectivity index (χ1n) is 5.47. The maximum absolute atomic E-state index is 11.5. The number of allylic oxidation sites excluding steroid dienone is 1. The van der Waals surface area contributed by atoms with Crippen LogP contribution in [0.15, 0.2) is 35.3 Å². The first-order chi connectivity index (χ1) is 8.13. The van der Waals surface area contributed by atoms with Gasteiger partial charge in [-0.3, -0.25) is 9.59 Å². The van der Waals surface area contributed by atoms with Crippen molar-refractivity contribution in [3.05, 3.63) is 40.8 Å². The normalized spacial score (nSPS) is 10.6. The highest BCUT2D eigenvalue weighted by Crippen LogP contribution is 1.95. The molecule has 92 valence electrons. The molecule has 0 bridgehead atoms. The summed E-state index contributed by atoms with van der Waals surface area (Å²) in [6.07, 6.45) is 6.14. The Hall–Kier alpha value is -2.04. The predicted molar refractivity (Wildman–Crippen MR) is 67.6 cm³/mol. The fourth-order valence-corrected chi connectivity index (χ4v) is 1.35. The average Bonchev–Trinajstić information content (AvgIpc) is 2.29. The summed E-state index contributed by atoms with van der Waals surface area (Å²) in [6.45, 7) is 2.49. The molecule has 5 nitrogen and oxygen atoms in total. The van der Waals surface area contributed by atoms with E-state index in [2.05, 4.69) is 5.32 Å². The first-order valence-corrected chi connectivity index (χ1v) is 5.47. The molecule has 1 heterocycles. The van der Waals surface area contributed by atoms with Crippen molar-refractivity contribution in [2.75, 3.05) is 12.3 Å². The molecule has 0 saturated heterocycles. The molecular formula is C12H17N3O2. The molecule has 0 radical (unpaired) electrons. The van der Waals surface area contributed by atoms with E-state index in [1.165, 1.54) is 22.9 Å². The monoisotopic (exact) mass is 235 g/mol. The van der Waals surface area contributed by atoms with E-state index in [-0.39, 0.29) is 18.0 Å². The van der Waals surface area contributed by atoms with Crippen molar-refractivity contribution in [1.82, 2.24) is 9.88 Å². The van der Waals surface area contributed by atoms with Gasteiger partial charge >= 0.3 is 0 Å². The molecule has 0 unspecified atom stereocenters. The zero-order chi connectivity index (χ0) is 12.7. The minimum atomic E-state index is -0.234. The number of pyridine rings is 1. The number of nitrogens with two attached hydrogens (primary N) is 1. The summed E-state index contributed by atoms with van der Waals surface area (Å²) in [4.78, 5) is 22.9. The Morgan fingerprint density at radius 3 is 3.00 bits per heavy atom. The molecule has 3 N–H and O–H groups in total. The number of rotatable bonds is 5. The fourth-order valence-electron chi connectivity index (χ4n) is 1.35. The Morgan fingerprint density at radius 1 is 1.53 bits per heavy atom. The third-order valence-corrected chi connectivity index (χ3v) is 2.19. The van der Waals surface area contributed by atoms with Gasteiger partial charge in [0.25, 0.3) is 5.56 Å². The topological polar surface area (TPSA) is 77.1 Å². The maximum atomic E-state index is 11.5. The summed E-state index contributed by atoms with van der Waals surface area (Å²) >= 11 is 0. The van der Waals surface area contributed by atoms with Gasteiger partial charge in [-0.25, -0.2) is 0 Å². The molecule has 1 aromatic rings. The van der Waals surface area contributed by atoms with Crippen molar-refractivity contribution >= 4 is 11.6 Å². The number of carbonyl (C=O) groups excluding carboxylic acids is 1. The first kappa shape index (κ1) is 13.0. The second kappa shape index (κ2) is 6.52. The fraction of sp³-hybridized carbons (Fsp3) is 0.333. The maximum Gasteiger partial charge on any atom is 0.251 e. The van der Waals surface area contributed by atoms with Gasteiger partial charge in [0.05, 0.1) is 0 Å². The highest BCUT2D eigenvalue weighted by Gasteiger charge is 2.03. The molecule has 0 spiro atoms. The van der Waals surface area contributed by atoms with E-state index in [1.54, 1.807) is 0 Å². The van der Waals surface area contributed by atoms with Crippen LogP contribution in [0.1, 0.15) is 13.3 Å². The third-order valence-electron chi connectivity index (χ3n) is 2.19. The Bertz CT molecular complexity index is 463. The molecule has 0 aliphatic heterocycles. The average molecular weight is 235 g/mol. The molecule has 1 amide bonds. The molecule has 1 rings (SSSR count). The van der Waals surface area contributed by atoms with Crippen LogP contribution in [0.2, 0.25) is 0 Å². The van der Waals surface area contributed by atoms with Crippen LogP contribution in [0.3, 0.4) is 0 Å². The van der Waals surface area contributed by atoms with Gasteiger partial charge in [-0.2, -0.15) is 0 Å². The quantitative estimate of drug-likeness (QED) is 0.576. The van der Waals surface area contributed by atoms with Crippen molar-refractivity contribution in [1.29, 1.82) is 0 Å². The SMILES string of the molecule is C/C=C/CCNC(=O)Cn1cc(N)ccc1=O. The van der Waals surface area contributed by atoms with Crippen molar-refractivity contribution in [3.63, 3.8) is 0 Å². The number of hydrogen-bond donors (Lipinski definition) is 2. The summed E-state index contributed by atoms with van der Waals surface area (Å²) in [5, 5.41) is 2.72. The number of nitrogen functional groups attached to an aromatic ring is 1. The van der Waals surface area contributed by atoms with Crippen molar-refractivity contribution in [3.8, 4) is 0 Å². The predicted octanol–water partition coefficient (Wildman–Crippen LogP) is 0.513. The van der Waals surface area contributed by atoms with Crippen LogP contribution in [-0.4, -0.2) is 17.0 Å². The van der Waals surface area contributed by atoms with E-state index < -0.39 is 0 Å². The van der Waals surface area contributed by atoms with Crippen LogP contribution in [0, 0.1) is 0 Å². The molecule has 0 atom stereocenters. The van der Waals surface area contributed by atoms with Crippen LogP contribution in [0.25, 0.3) is 0 Å². The lowest BCUT2D eigenvalue weighted by atomic mass is 10.3. The van der Waals surface area contributed by atoms with E-state index in [9.17, 15) is 9.59 Å². The molecule has 0 aliphatic rings. The van der Waals surface area contributed by atoms with Crippen molar-refractivity contribution < 1.29 is 4.79 Å². The summed E-state index contributed by atoms with van der Waals surface area (Å²) in [5.74, 6) is -0.192. The van der Waals surface area contributed by atoms with Gasteiger partial charge in [0.1, 0.15) is 6.54 Å². The lowest BCUT2D eigenvalue weighted by Crippen LogP contribution is -2.32. The standard InChI is InChI=1S/C12H17N3O2/c1-2-3-4-7-14-11(16)9-15-8-10(13)5-6-12(15)17/h2-3,5-6,8H,4,7,9,13H2,1H3,(H,14,16)/b3-2+. The number of aromatic nitrogens is 1. The summed E-state index contributed by atoms with van der Waals surface area (Å²) in [7, 11) is 0. The van der Waals surface area contributed by atoms with Gasteiger partial charge < -0.3 is 15.6 Å². The van der Waals surface area contributed by atoms with Crippen LogP contribution in [-0.2, 0) is 11.3 Å². The van der Waals surface area contributed by atoms with E-state index in [4.69, 9.17) is 5.73 Å². The Morgan fingerprint density at radius 2 is 2.29 bits per heavy atom. The van der Waals surface area contributed by atoms with Crippen LogP contribution < -0.4 is 16.6 Å². The largest absolute Gasteiger partial charge is 0.398 e. The molecule has 0 saturated carbocycles. The van der Waals surface area contributed by atoms with E-state index >= 15 is 0 Å². The number of nitrogens with zero attached hydrogens (tertiary/aromatic N) is 1. The van der Waals surface area contributed by atoms with E-state index in [0.29, 0.717) is 12.2 Å². The molecular weight excluding hydrogens is 218 g/mol. The van der Waals surface area contributed by atoms with Crippen LogP contribution in [0.5, 0.6) is 0 Å². The van der Waals surface area contributed by atoms with Crippen molar-refractivity contribution in [2.45, 2.75) is 19.9 Å². The number of carbonyl (C=O) groups is 1. The van der Waals surface area contributed by atoms with Gasteiger partial charge in [-0.15, -0.1) is 0 Å². The molecule has 5 heteroatoms. The Labute approximate surface area is 99.9 Å². The van der Waals surface area contributed by atoms with Gasteiger partial charge in [-0.1, -0.05) is 12.2 Å². The Kier molecular flexibility index (Phi) is 5.00. The Balaban J connectivity index is 2.50. The van der Waals surface area contributed by atoms with Gasteiger partial charge in [0, 0.05) is 24.5 Å². The smallest absolute Gasteiger partial charge is 0.251 e. The third kappa shape index (κ3) is 4.55. The minimum Gasteiger partial charge on any atom is -0.398 e. The minimum absolute atomic E-state index is 0.000285. The second-order valence-corrected chi connectivity index (χ2v) is 3.64. The van der Waals surface area contributed by atoms with E-state index in [1.807, 2.05) is 19.1 Å².